The fraction of sp³-hybridized carbons (Fsp3) is 0.300. The van der Waals surface area contributed by atoms with Crippen LogP contribution in [0.15, 0.2) is 59.6 Å². The number of para-hydroxylation sites is 1. The van der Waals surface area contributed by atoms with Crippen LogP contribution in [-0.2, 0) is 27.3 Å². The smallest absolute Gasteiger partial charge is 0.297 e. The van der Waals surface area contributed by atoms with Crippen LogP contribution in [0.25, 0.3) is 10.9 Å². The van der Waals surface area contributed by atoms with E-state index >= 15 is 0 Å². The first kappa shape index (κ1) is 18.6. The fourth-order valence-electron chi connectivity index (χ4n) is 3.04. The topological polar surface area (TPSA) is 74.3 Å². The third-order valence-electron chi connectivity index (χ3n) is 4.44. The summed E-state index contributed by atoms with van der Waals surface area (Å²) in [5, 5.41) is 1.14. The van der Waals surface area contributed by atoms with Gasteiger partial charge in [0.2, 0.25) is 0 Å². The van der Waals surface area contributed by atoms with Crippen LogP contribution in [-0.4, -0.2) is 25.6 Å². The largest absolute Gasteiger partial charge is 0.347 e. The summed E-state index contributed by atoms with van der Waals surface area (Å²) < 4.78 is 31.9. The molecular weight excluding hydrogens is 348 g/mol. The molecule has 1 unspecified atom stereocenters. The highest BCUT2D eigenvalue weighted by Crippen LogP contribution is 2.22. The van der Waals surface area contributed by atoms with Gasteiger partial charge in [-0.05, 0) is 44.0 Å². The minimum atomic E-state index is -3.79. The molecule has 3 aromatic rings. The Kier molecular flexibility index (Phi) is 5.46. The second kappa shape index (κ2) is 7.61. The zero-order chi connectivity index (χ0) is 18.7. The van der Waals surface area contributed by atoms with Crippen LogP contribution in [0.5, 0.6) is 0 Å². The molecule has 2 aromatic carbocycles. The van der Waals surface area contributed by atoms with E-state index in [1.165, 1.54) is 0 Å². The van der Waals surface area contributed by atoms with Crippen LogP contribution in [0.3, 0.4) is 0 Å². The lowest BCUT2D eigenvalue weighted by Crippen LogP contribution is -2.30. The quantitative estimate of drug-likeness (QED) is 0.646. The first-order chi connectivity index (χ1) is 12.4. The number of fused-ring (bicyclic) bond motifs is 1. The van der Waals surface area contributed by atoms with Crippen molar-refractivity contribution in [3.05, 3.63) is 65.9 Å². The van der Waals surface area contributed by atoms with Crippen LogP contribution in [0.2, 0.25) is 0 Å². The summed E-state index contributed by atoms with van der Waals surface area (Å²) in [4.78, 5) is 0.151. The summed E-state index contributed by atoms with van der Waals surface area (Å²) in [6.45, 7) is 4.81. The molecule has 0 saturated heterocycles. The molecule has 0 radical (unpaired) electrons. The van der Waals surface area contributed by atoms with E-state index in [1.54, 1.807) is 24.3 Å². The third kappa shape index (κ3) is 3.98. The lowest BCUT2D eigenvalue weighted by Gasteiger charge is -2.12. The van der Waals surface area contributed by atoms with Crippen molar-refractivity contribution in [1.29, 1.82) is 0 Å². The van der Waals surface area contributed by atoms with Crippen molar-refractivity contribution in [3.63, 3.8) is 0 Å². The normalized spacial score (nSPS) is 13.2. The summed E-state index contributed by atoms with van der Waals surface area (Å²) in [6.07, 6.45) is 2.63. The standard InChI is InChI=1S/C20H24N2O3S/c1-3-22-13-16(19-6-4-5-7-20(19)22)12-17(21)14-25-26(23,24)18-10-8-15(2)9-11-18/h4-11,13,17H,3,12,14,21H2,1-2H3. The van der Waals surface area contributed by atoms with Crippen molar-refractivity contribution in [2.45, 2.75) is 37.8 Å². The lowest BCUT2D eigenvalue weighted by atomic mass is 10.1. The molecule has 3 rings (SSSR count). The molecule has 0 bridgehead atoms. The van der Waals surface area contributed by atoms with Gasteiger partial charge in [0.25, 0.3) is 10.1 Å². The summed E-state index contributed by atoms with van der Waals surface area (Å²) in [7, 11) is -3.79. The zero-order valence-electron chi connectivity index (χ0n) is 15.1. The second-order valence-corrected chi connectivity index (χ2v) is 8.09. The fourth-order valence-corrected chi connectivity index (χ4v) is 4.00. The van der Waals surface area contributed by atoms with E-state index in [0.717, 1.165) is 28.6 Å². The Bertz CT molecular complexity index is 992. The van der Waals surface area contributed by atoms with Crippen molar-refractivity contribution in [3.8, 4) is 0 Å². The number of aryl methyl sites for hydroxylation is 2. The summed E-state index contributed by atoms with van der Waals surface area (Å²) in [5.41, 5.74) is 9.41. The van der Waals surface area contributed by atoms with Gasteiger partial charge in [-0.3, -0.25) is 4.18 Å². The highest BCUT2D eigenvalue weighted by molar-refractivity contribution is 7.86. The van der Waals surface area contributed by atoms with Gasteiger partial charge in [0.1, 0.15) is 0 Å². The molecule has 26 heavy (non-hydrogen) atoms. The van der Waals surface area contributed by atoms with E-state index in [2.05, 4.69) is 29.8 Å². The van der Waals surface area contributed by atoms with Gasteiger partial charge in [-0.1, -0.05) is 35.9 Å². The molecular formula is C20H24N2O3S. The number of nitrogens with two attached hydrogens (primary N) is 1. The molecule has 1 heterocycles. The minimum Gasteiger partial charge on any atom is -0.347 e. The average molecular weight is 372 g/mol. The van der Waals surface area contributed by atoms with Crippen LogP contribution in [0.1, 0.15) is 18.1 Å². The molecule has 6 heteroatoms. The molecule has 0 fully saturated rings. The Morgan fingerprint density at radius 1 is 1.12 bits per heavy atom. The Balaban J connectivity index is 1.70. The molecule has 138 valence electrons. The number of hydrogen-bond donors (Lipinski definition) is 1. The number of benzene rings is 2. The lowest BCUT2D eigenvalue weighted by molar-refractivity contribution is 0.291. The van der Waals surface area contributed by atoms with Crippen LogP contribution in [0, 0.1) is 6.92 Å². The van der Waals surface area contributed by atoms with Crippen LogP contribution < -0.4 is 5.73 Å². The van der Waals surface area contributed by atoms with E-state index in [-0.39, 0.29) is 11.5 Å². The van der Waals surface area contributed by atoms with E-state index < -0.39 is 16.2 Å². The maximum Gasteiger partial charge on any atom is 0.297 e. The van der Waals surface area contributed by atoms with Crippen molar-refractivity contribution in [2.24, 2.45) is 5.73 Å². The zero-order valence-corrected chi connectivity index (χ0v) is 15.9. The maximum atomic E-state index is 12.3. The van der Waals surface area contributed by atoms with Gasteiger partial charge in [0, 0.05) is 29.7 Å². The van der Waals surface area contributed by atoms with Crippen molar-refractivity contribution in [2.75, 3.05) is 6.61 Å². The molecule has 0 aliphatic carbocycles. The molecule has 5 nitrogen and oxygen atoms in total. The van der Waals surface area contributed by atoms with Gasteiger partial charge in [0.15, 0.2) is 0 Å². The average Bonchev–Trinajstić information content (AvgIpc) is 2.98. The van der Waals surface area contributed by atoms with Crippen molar-refractivity contribution in [1.82, 2.24) is 4.57 Å². The first-order valence-electron chi connectivity index (χ1n) is 8.69. The van der Waals surface area contributed by atoms with Crippen molar-refractivity contribution >= 4 is 21.0 Å². The molecule has 1 aromatic heterocycles. The van der Waals surface area contributed by atoms with Crippen LogP contribution in [0.4, 0.5) is 0 Å². The van der Waals surface area contributed by atoms with Gasteiger partial charge in [-0.25, -0.2) is 0 Å². The predicted octanol–water partition coefficient (Wildman–Crippen LogP) is 3.24. The summed E-state index contributed by atoms with van der Waals surface area (Å²) in [6, 6.07) is 14.3. The summed E-state index contributed by atoms with van der Waals surface area (Å²) >= 11 is 0. The highest BCUT2D eigenvalue weighted by Gasteiger charge is 2.18. The molecule has 2 N–H and O–H groups in total. The number of aromatic nitrogens is 1. The molecule has 0 saturated carbocycles. The highest BCUT2D eigenvalue weighted by atomic mass is 32.2. The predicted molar refractivity (Wildman–Crippen MR) is 104 cm³/mol. The van der Waals surface area contributed by atoms with E-state index in [4.69, 9.17) is 9.92 Å². The van der Waals surface area contributed by atoms with Gasteiger partial charge in [-0.2, -0.15) is 8.42 Å². The molecule has 0 aliphatic heterocycles. The third-order valence-corrected chi connectivity index (χ3v) is 5.74. The maximum absolute atomic E-state index is 12.3. The SMILES string of the molecule is CCn1cc(CC(N)COS(=O)(=O)c2ccc(C)cc2)c2ccccc21. The Morgan fingerprint density at radius 2 is 1.81 bits per heavy atom. The number of nitrogens with zero attached hydrogens (tertiary/aromatic N) is 1. The minimum absolute atomic E-state index is 0.0537. The van der Waals surface area contributed by atoms with Crippen molar-refractivity contribution < 1.29 is 12.6 Å². The molecule has 0 aliphatic rings. The molecule has 1 atom stereocenters. The first-order valence-corrected chi connectivity index (χ1v) is 10.1. The van der Waals surface area contributed by atoms with E-state index in [1.807, 2.05) is 19.1 Å². The van der Waals surface area contributed by atoms with E-state index in [0.29, 0.717) is 6.42 Å². The van der Waals surface area contributed by atoms with Crippen LogP contribution >= 0.6 is 0 Å². The number of rotatable bonds is 7. The Hall–Kier alpha value is -2.15. The Morgan fingerprint density at radius 3 is 2.50 bits per heavy atom. The Labute approximate surface area is 154 Å². The van der Waals surface area contributed by atoms with Gasteiger partial charge in [-0.15, -0.1) is 0 Å². The van der Waals surface area contributed by atoms with Gasteiger partial charge >= 0.3 is 0 Å². The van der Waals surface area contributed by atoms with Gasteiger partial charge in [0.05, 0.1) is 11.5 Å². The molecule has 0 amide bonds. The molecule has 0 spiro atoms. The second-order valence-electron chi connectivity index (χ2n) is 6.47. The summed E-state index contributed by atoms with van der Waals surface area (Å²) in [5.74, 6) is 0. The van der Waals surface area contributed by atoms with E-state index in [9.17, 15) is 8.42 Å². The van der Waals surface area contributed by atoms with Gasteiger partial charge < -0.3 is 10.3 Å². The number of hydrogen-bond acceptors (Lipinski definition) is 4. The monoisotopic (exact) mass is 372 g/mol.